The van der Waals surface area contributed by atoms with E-state index in [2.05, 4.69) is 0 Å². The number of carbonyl (C=O) groups excluding carboxylic acids is 2. The smallest absolute Gasteiger partial charge is 0.270 e. The fraction of sp³-hybridized carbons (Fsp3) is 0.500. The molecule has 3 rings (SSSR count). The maximum Gasteiger partial charge on any atom is 0.270 e. The van der Waals surface area contributed by atoms with Crippen LogP contribution in [-0.2, 0) is 21.4 Å². The lowest BCUT2D eigenvalue weighted by atomic mass is 10.0. The molecule has 0 atom stereocenters. The molecular weight excluding hydrogens is 520 g/mol. The molecule has 2 aromatic rings. The van der Waals surface area contributed by atoms with Crippen LogP contribution >= 0.6 is 0 Å². The minimum atomic E-state index is -3.57. The predicted molar refractivity (Wildman–Crippen MR) is 150 cm³/mol. The maximum absolute atomic E-state index is 13.7. The van der Waals surface area contributed by atoms with Crippen LogP contribution < -0.4 is 0 Å². The van der Waals surface area contributed by atoms with E-state index in [1.807, 2.05) is 44.2 Å². The van der Waals surface area contributed by atoms with Gasteiger partial charge in [0.05, 0.1) is 17.2 Å². The lowest BCUT2D eigenvalue weighted by Crippen LogP contribution is -2.51. The molecule has 212 valence electrons. The highest BCUT2D eigenvalue weighted by Gasteiger charge is 2.33. The summed E-state index contributed by atoms with van der Waals surface area (Å²) in [5.41, 5.74) is 1.05. The van der Waals surface area contributed by atoms with Gasteiger partial charge < -0.3 is 9.80 Å². The average Bonchev–Trinajstić information content (AvgIpc) is 2.91. The first-order chi connectivity index (χ1) is 18.5. The molecule has 0 bridgehead atoms. The van der Waals surface area contributed by atoms with E-state index in [9.17, 15) is 28.1 Å². The van der Waals surface area contributed by atoms with Gasteiger partial charge in [-0.3, -0.25) is 19.7 Å². The highest BCUT2D eigenvalue weighted by atomic mass is 32.2. The average molecular weight is 559 g/mol. The van der Waals surface area contributed by atoms with E-state index in [4.69, 9.17) is 0 Å². The number of nitro groups is 1. The van der Waals surface area contributed by atoms with E-state index < -0.39 is 14.9 Å². The molecular formula is C28H38N4O6S. The predicted octanol–water partition coefficient (Wildman–Crippen LogP) is 3.93. The zero-order valence-corrected chi connectivity index (χ0v) is 23.7. The third-order valence-corrected chi connectivity index (χ3v) is 8.74. The van der Waals surface area contributed by atoms with Crippen molar-refractivity contribution in [2.45, 2.75) is 52.6 Å². The van der Waals surface area contributed by atoms with Crippen molar-refractivity contribution < 1.29 is 22.9 Å². The number of nitrogens with zero attached hydrogens (tertiary/aromatic N) is 4. The Morgan fingerprint density at radius 1 is 1.08 bits per heavy atom. The number of hydrogen-bond acceptors (Lipinski definition) is 6. The molecule has 0 aromatic heterocycles. The number of hydrogen-bond donors (Lipinski definition) is 0. The lowest BCUT2D eigenvalue weighted by molar-refractivity contribution is -0.384. The number of likely N-dealkylation sites (tertiary alicyclic amines) is 1. The second kappa shape index (κ2) is 13.7. The normalized spacial score (nSPS) is 14.5. The summed E-state index contributed by atoms with van der Waals surface area (Å²) in [6, 6.07) is 15.1. The summed E-state index contributed by atoms with van der Waals surface area (Å²) in [6.07, 6.45) is 1.51. The van der Waals surface area contributed by atoms with Crippen molar-refractivity contribution in [2.75, 3.05) is 31.9 Å². The first kappa shape index (κ1) is 30.2. The SMILES string of the molecule is CCCS(=O)(=O)N(CC(=O)N(Cc1ccccc1)C1CCN(C(=O)c2cccc([N+](=O)[O-])c2)CC1)CC(C)C. The summed E-state index contributed by atoms with van der Waals surface area (Å²) >= 11 is 0. The van der Waals surface area contributed by atoms with E-state index in [-0.39, 0.29) is 53.9 Å². The van der Waals surface area contributed by atoms with Crippen LogP contribution in [0.25, 0.3) is 0 Å². The van der Waals surface area contributed by atoms with Crippen LogP contribution in [-0.4, -0.2) is 77.2 Å². The third-order valence-electron chi connectivity index (χ3n) is 6.75. The number of nitro benzene ring substituents is 1. The highest BCUT2D eigenvalue weighted by molar-refractivity contribution is 7.89. The van der Waals surface area contributed by atoms with Crippen LogP contribution in [0.15, 0.2) is 54.6 Å². The van der Waals surface area contributed by atoms with Gasteiger partial charge in [0.1, 0.15) is 0 Å². The fourth-order valence-corrected chi connectivity index (χ4v) is 6.44. The topological polar surface area (TPSA) is 121 Å². The van der Waals surface area contributed by atoms with Crippen LogP contribution in [0.4, 0.5) is 5.69 Å². The Morgan fingerprint density at radius 2 is 1.74 bits per heavy atom. The zero-order valence-electron chi connectivity index (χ0n) is 22.9. The minimum absolute atomic E-state index is 0.0101. The molecule has 0 N–H and O–H groups in total. The maximum atomic E-state index is 13.7. The molecule has 11 heteroatoms. The number of carbonyl (C=O) groups is 2. The van der Waals surface area contributed by atoms with Crippen LogP contribution in [0.3, 0.4) is 0 Å². The monoisotopic (exact) mass is 558 g/mol. The van der Waals surface area contributed by atoms with E-state index in [0.29, 0.717) is 38.9 Å². The molecule has 1 aliphatic rings. The van der Waals surface area contributed by atoms with E-state index in [1.54, 1.807) is 22.8 Å². The lowest BCUT2D eigenvalue weighted by Gasteiger charge is -2.39. The highest BCUT2D eigenvalue weighted by Crippen LogP contribution is 2.23. The van der Waals surface area contributed by atoms with Crippen LogP contribution in [0.2, 0.25) is 0 Å². The molecule has 1 heterocycles. The van der Waals surface area contributed by atoms with E-state index >= 15 is 0 Å². The Hall–Kier alpha value is -3.31. The summed E-state index contributed by atoms with van der Waals surface area (Å²) in [5, 5.41) is 11.1. The van der Waals surface area contributed by atoms with Crippen molar-refractivity contribution in [3.63, 3.8) is 0 Å². The molecule has 1 aliphatic heterocycles. The number of piperidine rings is 1. The molecule has 0 unspecified atom stereocenters. The van der Waals surface area contributed by atoms with Crippen molar-refractivity contribution >= 4 is 27.5 Å². The summed E-state index contributed by atoms with van der Waals surface area (Å²) in [6.45, 7) is 6.81. The Bertz CT molecular complexity index is 1240. The van der Waals surface area contributed by atoms with Gasteiger partial charge in [-0.2, -0.15) is 4.31 Å². The van der Waals surface area contributed by atoms with Crippen molar-refractivity contribution in [3.8, 4) is 0 Å². The van der Waals surface area contributed by atoms with Gasteiger partial charge in [0.25, 0.3) is 11.6 Å². The van der Waals surface area contributed by atoms with Crippen molar-refractivity contribution in [1.82, 2.24) is 14.1 Å². The molecule has 0 spiro atoms. The number of benzene rings is 2. The Labute approximate surface area is 230 Å². The molecule has 10 nitrogen and oxygen atoms in total. The third kappa shape index (κ3) is 8.34. The molecule has 39 heavy (non-hydrogen) atoms. The van der Waals surface area contributed by atoms with Gasteiger partial charge in [-0.1, -0.05) is 57.2 Å². The second-order valence-electron chi connectivity index (χ2n) is 10.3. The molecule has 1 saturated heterocycles. The first-order valence-corrected chi connectivity index (χ1v) is 15.0. The van der Waals surface area contributed by atoms with Gasteiger partial charge in [-0.25, -0.2) is 8.42 Å². The van der Waals surface area contributed by atoms with Crippen molar-refractivity contribution in [2.24, 2.45) is 5.92 Å². The van der Waals surface area contributed by atoms with Crippen LogP contribution in [0.5, 0.6) is 0 Å². The molecule has 2 aromatic carbocycles. The van der Waals surface area contributed by atoms with Gasteiger partial charge in [-0.15, -0.1) is 0 Å². The summed E-state index contributed by atoms with van der Waals surface area (Å²) < 4.78 is 27.2. The van der Waals surface area contributed by atoms with Crippen LogP contribution in [0, 0.1) is 16.0 Å². The van der Waals surface area contributed by atoms with E-state index in [1.165, 1.54) is 22.5 Å². The van der Waals surface area contributed by atoms with Gasteiger partial charge in [0.15, 0.2) is 0 Å². The number of rotatable bonds is 12. The Balaban J connectivity index is 1.77. The quantitative estimate of drug-likeness (QED) is 0.288. The number of amides is 2. The van der Waals surface area contributed by atoms with Gasteiger partial charge in [-0.05, 0) is 36.8 Å². The largest absolute Gasteiger partial charge is 0.338 e. The minimum Gasteiger partial charge on any atom is -0.338 e. The standard InChI is InChI=1S/C28H38N4O6S/c1-4-17-39(37,38)30(19-22(2)3)21-27(33)31(20-23-9-6-5-7-10-23)25-13-15-29(16-14-25)28(34)24-11-8-12-26(18-24)32(35)36/h5-12,18,22,25H,4,13-17,19-21H2,1-3H3. The first-order valence-electron chi connectivity index (χ1n) is 13.4. The zero-order chi connectivity index (χ0) is 28.6. The van der Waals surface area contributed by atoms with Gasteiger partial charge in [0.2, 0.25) is 15.9 Å². The van der Waals surface area contributed by atoms with Gasteiger partial charge in [0, 0.05) is 49.9 Å². The molecule has 2 amide bonds. The molecule has 0 aliphatic carbocycles. The van der Waals surface area contributed by atoms with Crippen LogP contribution in [0.1, 0.15) is 56.0 Å². The summed E-state index contributed by atoms with van der Waals surface area (Å²) in [4.78, 5) is 40.7. The Morgan fingerprint density at radius 3 is 2.33 bits per heavy atom. The van der Waals surface area contributed by atoms with Crippen molar-refractivity contribution in [3.05, 3.63) is 75.8 Å². The Kier molecular flexibility index (Phi) is 10.6. The van der Waals surface area contributed by atoms with Gasteiger partial charge >= 0.3 is 0 Å². The van der Waals surface area contributed by atoms with E-state index in [0.717, 1.165) is 5.56 Å². The van der Waals surface area contributed by atoms with Crippen molar-refractivity contribution in [1.29, 1.82) is 0 Å². The molecule has 1 fully saturated rings. The molecule has 0 radical (unpaired) electrons. The summed E-state index contributed by atoms with van der Waals surface area (Å²) in [5.74, 6) is -0.492. The number of non-ortho nitro benzene ring substituents is 1. The fourth-order valence-electron chi connectivity index (χ4n) is 4.83. The summed E-state index contributed by atoms with van der Waals surface area (Å²) in [7, 11) is -3.57. The number of sulfonamides is 1. The molecule has 0 saturated carbocycles. The second-order valence-corrected chi connectivity index (χ2v) is 12.4.